The first kappa shape index (κ1) is 25.7. The van der Waals surface area contributed by atoms with Gasteiger partial charge in [-0.25, -0.2) is 0 Å². The van der Waals surface area contributed by atoms with Gasteiger partial charge >= 0.3 is 21.1 Å². The van der Waals surface area contributed by atoms with Gasteiger partial charge in [0.2, 0.25) is 0 Å². The average molecular weight is 694 g/mol. The van der Waals surface area contributed by atoms with Crippen molar-refractivity contribution in [2.75, 3.05) is 0 Å². The molecule has 8 rings (SSSR count). The smallest absolute Gasteiger partial charge is 0.509 e. The molecule has 0 unspecified atom stereocenters. The Balaban J connectivity index is 0.000000370. The van der Waals surface area contributed by atoms with Gasteiger partial charge in [0.05, 0.1) is 0 Å². The average Bonchev–Trinajstić information content (AvgIpc) is 3.54. The van der Waals surface area contributed by atoms with Crippen molar-refractivity contribution in [1.82, 2.24) is 9.55 Å². The molecule has 0 amide bonds. The molecule has 0 aliphatic rings. The first-order chi connectivity index (χ1) is 19.3. The Morgan fingerprint density at radius 1 is 0.575 bits per heavy atom. The van der Waals surface area contributed by atoms with E-state index in [0.717, 1.165) is 38.5 Å². The van der Waals surface area contributed by atoms with Crippen molar-refractivity contribution in [1.29, 1.82) is 0 Å². The van der Waals surface area contributed by atoms with E-state index in [1.54, 1.807) is 0 Å². The molecule has 2 aromatic heterocycles. The maximum Gasteiger partial charge on any atom is 4.00 e. The summed E-state index contributed by atoms with van der Waals surface area (Å²) in [6, 6.07) is 55.5. The number of nitrogens with one attached hydrogen (secondary N) is 1. The molecule has 0 aliphatic carbocycles. The number of para-hydroxylation sites is 3. The molecule has 0 fully saturated rings. The van der Waals surface area contributed by atoms with E-state index >= 15 is 0 Å². The fourth-order valence-corrected chi connectivity index (χ4v) is 4.99. The predicted octanol–water partition coefficient (Wildman–Crippen LogP) is 9.10. The first-order valence-corrected chi connectivity index (χ1v) is 12.8. The largest absolute Gasteiger partial charge is 4.00 e. The zero-order valence-electron chi connectivity index (χ0n) is 21.3. The number of aromatic amines is 1. The third kappa shape index (κ3) is 4.81. The minimum atomic E-state index is 0. The van der Waals surface area contributed by atoms with Crippen LogP contribution in [0.1, 0.15) is 0 Å². The van der Waals surface area contributed by atoms with Crippen LogP contribution in [-0.4, -0.2) is 9.55 Å². The van der Waals surface area contributed by atoms with Crippen LogP contribution in [0, 0.1) is 24.3 Å². The number of hydrogen-bond acceptors (Lipinski definition) is 1. The molecule has 6 aromatic carbocycles. The Morgan fingerprint density at radius 3 is 2.02 bits per heavy atom. The molecule has 0 saturated heterocycles. The van der Waals surface area contributed by atoms with E-state index < -0.39 is 0 Å². The third-order valence-corrected chi connectivity index (χ3v) is 6.71. The molecule has 40 heavy (non-hydrogen) atoms. The molecular weight excluding hydrogens is 671 g/mol. The second-order valence-electron chi connectivity index (χ2n) is 9.15. The number of fused-ring (bicyclic) bond motifs is 6. The molecule has 3 nitrogen and oxygen atoms in total. The first-order valence-electron chi connectivity index (χ1n) is 12.8. The van der Waals surface area contributed by atoms with E-state index in [0.29, 0.717) is 11.5 Å². The van der Waals surface area contributed by atoms with Crippen LogP contribution in [-0.2, 0) is 21.1 Å². The molecule has 192 valence electrons. The van der Waals surface area contributed by atoms with Crippen LogP contribution in [0.4, 0.5) is 0 Å². The quantitative estimate of drug-likeness (QED) is 0.184. The molecule has 4 heteroatoms. The van der Waals surface area contributed by atoms with E-state index in [4.69, 9.17) is 4.74 Å². The van der Waals surface area contributed by atoms with E-state index in [1.165, 1.54) is 10.8 Å². The van der Waals surface area contributed by atoms with Crippen molar-refractivity contribution in [2.24, 2.45) is 0 Å². The summed E-state index contributed by atoms with van der Waals surface area (Å²) in [6.45, 7) is 0. The van der Waals surface area contributed by atoms with Crippen molar-refractivity contribution in [3.05, 3.63) is 152 Å². The van der Waals surface area contributed by atoms with E-state index in [-0.39, 0.29) is 21.1 Å². The van der Waals surface area contributed by atoms with Crippen molar-refractivity contribution < 1.29 is 25.8 Å². The zero-order valence-corrected chi connectivity index (χ0v) is 23.6. The Labute approximate surface area is 246 Å². The fourth-order valence-electron chi connectivity index (χ4n) is 4.99. The van der Waals surface area contributed by atoms with Crippen LogP contribution < -0.4 is 4.74 Å². The van der Waals surface area contributed by atoms with Gasteiger partial charge in [-0.05, 0) is 22.9 Å². The van der Waals surface area contributed by atoms with Gasteiger partial charge in [-0.15, -0.1) is 41.1 Å². The number of rotatable bonds is 3. The number of benzene rings is 6. The minimum Gasteiger partial charge on any atom is -0.509 e. The molecule has 0 atom stereocenters. The summed E-state index contributed by atoms with van der Waals surface area (Å²) in [7, 11) is 0. The predicted molar refractivity (Wildman–Crippen MR) is 158 cm³/mol. The Bertz CT molecular complexity index is 2020. The Morgan fingerprint density at radius 2 is 1.27 bits per heavy atom. The van der Waals surface area contributed by atoms with E-state index in [1.807, 2.05) is 72.8 Å². The van der Waals surface area contributed by atoms with E-state index in [2.05, 4.69) is 88.4 Å². The molecule has 1 N–H and O–H groups in total. The second kappa shape index (κ2) is 11.3. The summed E-state index contributed by atoms with van der Waals surface area (Å²) >= 11 is 0. The van der Waals surface area contributed by atoms with Crippen LogP contribution >= 0.6 is 0 Å². The topological polar surface area (TPSA) is 29.9 Å². The van der Waals surface area contributed by atoms with Gasteiger partial charge in [0, 0.05) is 22.5 Å². The van der Waals surface area contributed by atoms with Crippen LogP contribution in [0.2, 0.25) is 0 Å². The van der Waals surface area contributed by atoms with Crippen molar-refractivity contribution in [3.63, 3.8) is 0 Å². The minimum absolute atomic E-state index is 0. The number of hydrogen-bond donors (Lipinski definition) is 1. The van der Waals surface area contributed by atoms with Gasteiger partial charge in [-0.1, -0.05) is 53.1 Å². The molecule has 2 heterocycles. The molecular formula is C36H22N2OPt. The summed E-state index contributed by atoms with van der Waals surface area (Å²) < 4.78 is 8.41. The zero-order chi connectivity index (χ0) is 26.0. The van der Waals surface area contributed by atoms with Crippen LogP contribution in [0.5, 0.6) is 11.5 Å². The van der Waals surface area contributed by atoms with Gasteiger partial charge in [0.1, 0.15) is 0 Å². The maximum absolute atomic E-state index is 6.22. The summed E-state index contributed by atoms with van der Waals surface area (Å²) in [5.41, 5.74) is 5.08. The second-order valence-corrected chi connectivity index (χ2v) is 9.15. The third-order valence-electron chi connectivity index (χ3n) is 6.71. The maximum atomic E-state index is 6.22. The summed E-state index contributed by atoms with van der Waals surface area (Å²) in [5.74, 6) is 1.30. The SMILES string of the molecule is [Pt+4].[c-]1ccccc1.[c-]1ccccc1-n1c2[c-]c(Oc3[c-]c4[nH]c5ccccc5c4cc3)ccc2c2ccccc21. The van der Waals surface area contributed by atoms with Gasteiger partial charge in [-0.3, -0.25) is 0 Å². The van der Waals surface area contributed by atoms with E-state index in [9.17, 15) is 0 Å². The normalized spacial score (nSPS) is 10.8. The monoisotopic (exact) mass is 693 g/mol. The Kier molecular flexibility index (Phi) is 7.23. The van der Waals surface area contributed by atoms with Gasteiger partial charge in [0.15, 0.2) is 0 Å². The fraction of sp³-hybridized carbons (Fsp3) is 0. The molecule has 0 radical (unpaired) electrons. The van der Waals surface area contributed by atoms with Crippen LogP contribution in [0.25, 0.3) is 49.3 Å². The van der Waals surface area contributed by atoms with Gasteiger partial charge in [-0.2, -0.15) is 72.8 Å². The van der Waals surface area contributed by atoms with Crippen molar-refractivity contribution >= 4 is 43.6 Å². The van der Waals surface area contributed by atoms with Gasteiger partial charge < -0.3 is 14.3 Å². The number of ether oxygens (including phenoxy) is 1. The molecule has 0 bridgehead atoms. The molecule has 0 aliphatic heterocycles. The summed E-state index contributed by atoms with van der Waals surface area (Å²) in [5, 5.41) is 4.63. The van der Waals surface area contributed by atoms with Crippen molar-refractivity contribution in [2.45, 2.75) is 0 Å². The van der Waals surface area contributed by atoms with Gasteiger partial charge in [0.25, 0.3) is 0 Å². The summed E-state index contributed by atoms with van der Waals surface area (Å²) in [4.78, 5) is 3.43. The summed E-state index contributed by atoms with van der Waals surface area (Å²) in [6.07, 6.45) is 0. The molecule has 0 saturated carbocycles. The number of H-pyrrole nitrogens is 1. The Hall–Kier alpha value is -4.59. The van der Waals surface area contributed by atoms with Crippen LogP contribution in [0.3, 0.4) is 0 Å². The molecule has 0 spiro atoms. The number of nitrogens with zero attached hydrogens (tertiary/aromatic N) is 1. The molecule has 8 aromatic rings. The standard InChI is InChI=1S/C30H17N2O.C6H5.Pt/c1-2-8-20(9-3-1)32-29-13-7-5-11-25(29)26-17-15-22(19-30(26)32)33-21-14-16-24-23-10-4-6-12-27(23)31-28(24)18-21;1-2-4-6-5-3-1;/h1-8,10-17,31H;1-5H;/q-3;-1;+4. The number of aromatic nitrogens is 2. The van der Waals surface area contributed by atoms with Crippen LogP contribution in [0.15, 0.2) is 127 Å². The van der Waals surface area contributed by atoms with Crippen molar-refractivity contribution in [3.8, 4) is 17.2 Å².